The van der Waals surface area contributed by atoms with Crippen molar-refractivity contribution in [2.24, 2.45) is 0 Å². The van der Waals surface area contributed by atoms with Crippen molar-refractivity contribution in [1.29, 1.82) is 0 Å². The number of likely N-dealkylation sites (N-methyl/N-ethyl adjacent to an activating group) is 1. The van der Waals surface area contributed by atoms with Crippen LogP contribution in [0, 0.1) is 0 Å². The first-order chi connectivity index (χ1) is 7.26. The average Bonchev–Trinajstić information content (AvgIpc) is 2.66. The molecule has 4 heteroatoms. The lowest BCUT2D eigenvalue weighted by molar-refractivity contribution is 0.110. The minimum Gasteiger partial charge on any atom is -0.380 e. The van der Waals surface area contributed by atoms with Crippen molar-refractivity contribution in [2.75, 3.05) is 47.0 Å². The lowest BCUT2D eigenvalue weighted by atomic mass is 10.2. The summed E-state index contributed by atoms with van der Waals surface area (Å²) in [5.41, 5.74) is 0. The summed E-state index contributed by atoms with van der Waals surface area (Å²) in [5.74, 6) is 0. The van der Waals surface area contributed by atoms with Gasteiger partial charge in [-0.2, -0.15) is 0 Å². The Morgan fingerprint density at radius 3 is 2.87 bits per heavy atom. The zero-order valence-electron chi connectivity index (χ0n) is 10.2. The Labute approximate surface area is 92.9 Å². The molecule has 2 unspecified atom stereocenters. The molecule has 0 bridgehead atoms. The molecule has 0 aromatic rings. The van der Waals surface area contributed by atoms with Crippen LogP contribution in [0.4, 0.5) is 0 Å². The van der Waals surface area contributed by atoms with Crippen LogP contribution in [0.15, 0.2) is 0 Å². The topological polar surface area (TPSA) is 33.7 Å². The number of ether oxygens (including phenoxy) is 2. The first kappa shape index (κ1) is 12.9. The number of rotatable bonds is 7. The monoisotopic (exact) mass is 216 g/mol. The van der Waals surface area contributed by atoms with Crippen LogP contribution in [0.3, 0.4) is 0 Å². The van der Waals surface area contributed by atoms with Gasteiger partial charge in [0.25, 0.3) is 0 Å². The van der Waals surface area contributed by atoms with Crippen molar-refractivity contribution >= 4 is 0 Å². The highest BCUT2D eigenvalue weighted by molar-refractivity contribution is 4.83. The standard InChI is InChI=1S/C11H24N2O2/c1-4-15-6-5-13(2)9-10-7-11(14-3)8-12-10/h10-12H,4-9H2,1-3H3. The molecule has 2 atom stereocenters. The molecule has 4 nitrogen and oxygen atoms in total. The summed E-state index contributed by atoms with van der Waals surface area (Å²) >= 11 is 0. The molecule has 0 aromatic heterocycles. The largest absolute Gasteiger partial charge is 0.380 e. The van der Waals surface area contributed by atoms with Crippen LogP contribution >= 0.6 is 0 Å². The van der Waals surface area contributed by atoms with E-state index in [-0.39, 0.29) is 0 Å². The van der Waals surface area contributed by atoms with E-state index in [0.717, 1.165) is 39.3 Å². The summed E-state index contributed by atoms with van der Waals surface area (Å²) in [7, 11) is 3.92. The molecule has 1 aliphatic heterocycles. The van der Waals surface area contributed by atoms with E-state index >= 15 is 0 Å². The second-order valence-corrected chi connectivity index (χ2v) is 4.16. The van der Waals surface area contributed by atoms with E-state index < -0.39 is 0 Å². The fraction of sp³-hybridized carbons (Fsp3) is 1.00. The van der Waals surface area contributed by atoms with Gasteiger partial charge in [0, 0.05) is 39.4 Å². The van der Waals surface area contributed by atoms with Crippen LogP contribution in [0.5, 0.6) is 0 Å². The predicted molar refractivity (Wildman–Crippen MR) is 61.2 cm³/mol. The third kappa shape index (κ3) is 4.93. The lowest BCUT2D eigenvalue weighted by Crippen LogP contribution is -2.36. The van der Waals surface area contributed by atoms with Crippen LogP contribution in [0.1, 0.15) is 13.3 Å². The predicted octanol–water partition coefficient (Wildman–Crippen LogP) is 0.332. The Hall–Kier alpha value is -0.160. The Morgan fingerprint density at radius 2 is 2.27 bits per heavy atom. The van der Waals surface area contributed by atoms with Gasteiger partial charge in [-0.1, -0.05) is 0 Å². The van der Waals surface area contributed by atoms with Crippen LogP contribution in [-0.2, 0) is 9.47 Å². The molecule has 1 aliphatic rings. The summed E-state index contributed by atoms with van der Waals surface area (Å²) in [6.07, 6.45) is 1.52. The Kier molecular flexibility index (Phi) is 6.17. The summed E-state index contributed by atoms with van der Waals surface area (Å²) in [4.78, 5) is 2.31. The van der Waals surface area contributed by atoms with E-state index in [9.17, 15) is 0 Å². The summed E-state index contributed by atoms with van der Waals surface area (Å²) in [6.45, 7) is 6.73. The maximum absolute atomic E-state index is 5.32. The molecule has 0 saturated carbocycles. The fourth-order valence-corrected chi connectivity index (χ4v) is 1.93. The van der Waals surface area contributed by atoms with Gasteiger partial charge >= 0.3 is 0 Å². The van der Waals surface area contributed by atoms with E-state index in [4.69, 9.17) is 9.47 Å². The highest BCUT2D eigenvalue weighted by Gasteiger charge is 2.24. The molecule has 15 heavy (non-hydrogen) atoms. The quantitative estimate of drug-likeness (QED) is 0.622. The van der Waals surface area contributed by atoms with Gasteiger partial charge in [-0.3, -0.25) is 0 Å². The number of methoxy groups -OCH3 is 1. The molecule has 0 radical (unpaired) electrons. The Balaban J connectivity index is 2.07. The zero-order valence-corrected chi connectivity index (χ0v) is 10.2. The molecule has 1 N–H and O–H groups in total. The first-order valence-electron chi connectivity index (χ1n) is 5.78. The molecule has 1 heterocycles. The third-order valence-corrected chi connectivity index (χ3v) is 2.87. The van der Waals surface area contributed by atoms with Crippen molar-refractivity contribution in [1.82, 2.24) is 10.2 Å². The molecule has 0 spiro atoms. The van der Waals surface area contributed by atoms with E-state index in [2.05, 4.69) is 17.3 Å². The Bertz CT molecular complexity index is 167. The van der Waals surface area contributed by atoms with Crippen LogP contribution in [-0.4, -0.2) is 64.1 Å². The molecule has 1 fully saturated rings. The van der Waals surface area contributed by atoms with Crippen LogP contribution in [0.25, 0.3) is 0 Å². The van der Waals surface area contributed by atoms with Crippen molar-refractivity contribution in [3.63, 3.8) is 0 Å². The van der Waals surface area contributed by atoms with Crippen molar-refractivity contribution in [3.8, 4) is 0 Å². The first-order valence-corrected chi connectivity index (χ1v) is 5.78. The molecule has 0 aliphatic carbocycles. The minimum absolute atomic E-state index is 0.398. The third-order valence-electron chi connectivity index (χ3n) is 2.87. The molecular formula is C11H24N2O2. The molecule has 90 valence electrons. The maximum atomic E-state index is 5.32. The second-order valence-electron chi connectivity index (χ2n) is 4.16. The van der Waals surface area contributed by atoms with Gasteiger partial charge in [-0.15, -0.1) is 0 Å². The molecular weight excluding hydrogens is 192 g/mol. The molecule has 0 aromatic carbocycles. The van der Waals surface area contributed by atoms with E-state index in [1.807, 2.05) is 6.92 Å². The van der Waals surface area contributed by atoms with Crippen LogP contribution in [0.2, 0.25) is 0 Å². The zero-order chi connectivity index (χ0) is 11.1. The lowest BCUT2D eigenvalue weighted by Gasteiger charge is -2.20. The Morgan fingerprint density at radius 1 is 1.47 bits per heavy atom. The molecule has 1 rings (SSSR count). The summed E-state index contributed by atoms with van der Waals surface area (Å²) < 4.78 is 10.6. The van der Waals surface area contributed by atoms with E-state index in [1.54, 1.807) is 7.11 Å². The van der Waals surface area contributed by atoms with Crippen LogP contribution < -0.4 is 5.32 Å². The highest BCUT2D eigenvalue weighted by Crippen LogP contribution is 2.10. The van der Waals surface area contributed by atoms with Gasteiger partial charge in [0.05, 0.1) is 12.7 Å². The normalized spacial score (nSPS) is 26.4. The highest BCUT2D eigenvalue weighted by atomic mass is 16.5. The number of nitrogens with one attached hydrogen (secondary N) is 1. The SMILES string of the molecule is CCOCCN(C)CC1CC(OC)CN1. The van der Waals surface area contributed by atoms with Crippen molar-refractivity contribution < 1.29 is 9.47 Å². The smallest absolute Gasteiger partial charge is 0.0711 e. The fourth-order valence-electron chi connectivity index (χ4n) is 1.93. The summed E-state index contributed by atoms with van der Waals surface area (Å²) in [5, 5.41) is 3.47. The van der Waals surface area contributed by atoms with Gasteiger partial charge in [-0.25, -0.2) is 0 Å². The van der Waals surface area contributed by atoms with Gasteiger partial charge in [0.1, 0.15) is 0 Å². The van der Waals surface area contributed by atoms with Crippen molar-refractivity contribution in [3.05, 3.63) is 0 Å². The van der Waals surface area contributed by atoms with E-state index in [0.29, 0.717) is 12.1 Å². The number of hydrogen-bond acceptors (Lipinski definition) is 4. The average molecular weight is 216 g/mol. The minimum atomic E-state index is 0.398. The maximum Gasteiger partial charge on any atom is 0.0711 e. The van der Waals surface area contributed by atoms with Gasteiger partial charge in [0.2, 0.25) is 0 Å². The van der Waals surface area contributed by atoms with Gasteiger partial charge in [-0.05, 0) is 20.4 Å². The number of hydrogen-bond donors (Lipinski definition) is 1. The van der Waals surface area contributed by atoms with Crippen molar-refractivity contribution in [2.45, 2.75) is 25.5 Å². The summed E-state index contributed by atoms with van der Waals surface area (Å²) in [6, 6.07) is 0.571. The molecule has 1 saturated heterocycles. The van der Waals surface area contributed by atoms with E-state index in [1.165, 1.54) is 0 Å². The second kappa shape index (κ2) is 7.17. The van der Waals surface area contributed by atoms with Gasteiger partial charge in [0.15, 0.2) is 0 Å². The molecule has 0 amide bonds. The van der Waals surface area contributed by atoms with Gasteiger partial charge < -0.3 is 19.7 Å². The number of nitrogens with zero attached hydrogens (tertiary/aromatic N) is 1.